The molecule has 1 aliphatic rings. The molecule has 0 spiro atoms. The average Bonchev–Trinajstić information content (AvgIpc) is 2.82. The normalized spacial score (nSPS) is 18.3. The molecular weight excluding hydrogens is 362 g/mol. The first-order chi connectivity index (χ1) is 9.24. The van der Waals surface area contributed by atoms with Crippen LogP contribution >= 0.6 is 50.6 Å². The molecule has 100 valence electrons. The molecule has 0 bridgehead atoms. The zero-order chi connectivity index (χ0) is 13.2. The van der Waals surface area contributed by atoms with E-state index in [0.29, 0.717) is 6.04 Å². The minimum absolute atomic E-state index is 0.406. The van der Waals surface area contributed by atoms with Gasteiger partial charge in [0.2, 0.25) is 0 Å². The van der Waals surface area contributed by atoms with E-state index in [1.165, 1.54) is 19.8 Å². The van der Waals surface area contributed by atoms with Gasteiger partial charge in [0.15, 0.2) is 0 Å². The number of halogens is 2. The minimum atomic E-state index is 0.406. The topological polar surface area (TPSA) is 12.0 Å². The summed E-state index contributed by atoms with van der Waals surface area (Å²) in [6.45, 7) is 0.902. The summed E-state index contributed by atoms with van der Waals surface area (Å²) in [5.41, 5.74) is 1.34. The summed E-state index contributed by atoms with van der Waals surface area (Å²) in [7, 11) is 0. The monoisotopic (exact) mass is 373 g/mol. The molecular formula is C14H13BrClNS2. The van der Waals surface area contributed by atoms with Crippen molar-refractivity contribution in [3.05, 3.63) is 49.6 Å². The zero-order valence-corrected chi connectivity index (χ0v) is 14.1. The van der Waals surface area contributed by atoms with Gasteiger partial charge in [0.05, 0.1) is 0 Å². The molecule has 0 amide bonds. The third-order valence-electron chi connectivity index (χ3n) is 3.21. The number of rotatable bonds is 3. The van der Waals surface area contributed by atoms with E-state index in [-0.39, 0.29) is 0 Å². The average molecular weight is 375 g/mol. The second-order valence-electron chi connectivity index (χ2n) is 4.44. The van der Waals surface area contributed by atoms with E-state index in [9.17, 15) is 0 Å². The lowest BCUT2D eigenvalue weighted by Gasteiger charge is -2.26. The van der Waals surface area contributed by atoms with Crippen molar-refractivity contribution in [1.82, 2.24) is 5.32 Å². The Morgan fingerprint density at radius 3 is 3.05 bits per heavy atom. The maximum Gasteiger partial charge on any atom is 0.0410 e. The van der Waals surface area contributed by atoms with Gasteiger partial charge in [-0.2, -0.15) is 0 Å². The second kappa shape index (κ2) is 6.19. The first kappa shape index (κ1) is 14.0. The van der Waals surface area contributed by atoms with Crippen LogP contribution in [0.25, 0.3) is 0 Å². The lowest BCUT2D eigenvalue weighted by atomic mass is 10.0. The van der Waals surface area contributed by atoms with Crippen LogP contribution in [0.4, 0.5) is 0 Å². The molecule has 1 N–H and O–H groups in total. The fourth-order valence-electron chi connectivity index (χ4n) is 2.24. The third kappa shape index (κ3) is 3.19. The summed E-state index contributed by atoms with van der Waals surface area (Å²) in [5.74, 6) is 1.16. The Bertz CT molecular complexity index is 585. The van der Waals surface area contributed by atoms with Crippen LogP contribution in [0.3, 0.4) is 0 Å². The van der Waals surface area contributed by atoms with Gasteiger partial charge < -0.3 is 5.32 Å². The van der Waals surface area contributed by atoms with Crippen LogP contribution in [0, 0.1) is 0 Å². The van der Waals surface area contributed by atoms with Gasteiger partial charge in [-0.05, 0) is 63.3 Å². The van der Waals surface area contributed by atoms with Gasteiger partial charge >= 0.3 is 0 Å². The van der Waals surface area contributed by atoms with Crippen LogP contribution < -0.4 is 5.32 Å². The summed E-state index contributed by atoms with van der Waals surface area (Å²) in [6, 6.07) is 8.72. The van der Waals surface area contributed by atoms with Gasteiger partial charge in [-0.3, -0.25) is 0 Å². The number of hydrogen-bond donors (Lipinski definition) is 1. The van der Waals surface area contributed by atoms with Gasteiger partial charge in [-0.25, -0.2) is 0 Å². The number of thioether (sulfide) groups is 1. The molecule has 0 saturated carbocycles. The Kier molecular flexibility index (Phi) is 4.54. The van der Waals surface area contributed by atoms with Crippen molar-refractivity contribution in [1.29, 1.82) is 0 Å². The molecule has 0 radical (unpaired) electrons. The number of nitrogens with one attached hydrogen (secondary N) is 1. The summed E-state index contributed by atoms with van der Waals surface area (Å²) in [5, 5.41) is 6.59. The van der Waals surface area contributed by atoms with E-state index < -0.39 is 0 Å². The van der Waals surface area contributed by atoms with E-state index in [1.54, 1.807) is 11.3 Å². The molecule has 1 atom stereocenters. The smallest absolute Gasteiger partial charge is 0.0410 e. The van der Waals surface area contributed by atoms with Crippen molar-refractivity contribution in [2.75, 3.05) is 5.75 Å². The second-order valence-corrected chi connectivity index (χ2v) is 7.87. The number of benzene rings is 1. The maximum atomic E-state index is 6.12. The van der Waals surface area contributed by atoms with E-state index in [4.69, 9.17) is 11.6 Å². The van der Waals surface area contributed by atoms with E-state index in [1.807, 2.05) is 17.8 Å². The van der Waals surface area contributed by atoms with Crippen LogP contribution in [0.2, 0.25) is 5.02 Å². The zero-order valence-electron chi connectivity index (χ0n) is 10.2. The molecule has 0 aliphatic carbocycles. The fraction of sp³-hybridized carbons (Fsp3) is 0.286. The van der Waals surface area contributed by atoms with Crippen molar-refractivity contribution in [3.63, 3.8) is 0 Å². The highest BCUT2D eigenvalue weighted by molar-refractivity contribution is 9.10. The molecule has 19 heavy (non-hydrogen) atoms. The van der Waals surface area contributed by atoms with Gasteiger partial charge in [-0.15, -0.1) is 23.1 Å². The number of fused-ring (bicyclic) bond motifs is 1. The molecule has 1 nitrogen and oxygen atoms in total. The Balaban J connectivity index is 1.76. The molecule has 1 aromatic heterocycles. The SMILES string of the molecule is Clc1ccc2c(c1)C(NCc1sccc1Br)CCS2. The predicted molar refractivity (Wildman–Crippen MR) is 88.4 cm³/mol. The maximum absolute atomic E-state index is 6.12. The van der Waals surface area contributed by atoms with E-state index in [0.717, 1.165) is 23.7 Å². The summed E-state index contributed by atoms with van der Waals surface area (Å²) >= 11 is 13.4. The molecule has 0 saturated heterocycles. The Morgan fingerprint density at radius 1 is 1.37 bits per heavy atom. The van der Waals surface area contributed by atoms with Crippen LogP contribution in [0.1, 0.15) is 22.9 Å². The van der Waals surface area contributed by atoms with Crippen molar-refractivity contribution in [2.24, 2.45) is 0 Å². The van der Waals surface area contributed by atoms with Crippen LogP contribution in [-0.4, -0.2) is 5.75 Å². The van der Waals surface area contributed by atoms with Crippen molar-refractivity contribution in [3.8, 4) is 0 Å². The summed E-state index contributed by atoms with van der Waals surface area (Å²) < 4.78 is 1.20. The van der Waals surface area contributed by atoms with Gasteiger partial charge in [0.25, 0.3) is 0 Å². The largest absolute Gasteiger partial charge is 0.305 e. The molecule has 2 heterocycles. The molecule has 1 unspecified atom stereocenters. The Labute approximate surface area is 134 Å². The summed E-state index contributed by atoms with van der Waals surface area (Å²) in [4.78, 5) is 2.71. The highest BCUT2D eigenvalue weighted by atomic mass is 79.9. The minimum Gasteiger partial charge on any atom is -0.305 e. The Hall–Kier alpha value is -0.000000000000000111. The van der Waals surface area contributed by atoms with Crippen LogP contribution in [-0.2, 0) is 6.54 Å². The number of thiophene rings is 1. The van der Waals surface area contributed by atoms with Crippen molar-refractivity contribution >= 4 is 50.6 Å². The predicted octanol–water partition coefficient (Wildman–Crippen LogP) is 5.49. The van der Waals surface area contributed by atoms with Gasteiger partial charge in [0.1, 0.15) is 0 Å². The molecule has 3 rings (SSSR count). The first-order valence-electron chi connectivity index (χ1n) is 6.11. The highest BCUT2D eigenvalue weighted by Gasteiger charge is 2.20. The fourth-order valence-corrected chi connectivity index (χ4v) is 4.97. The molecule has 2 aromatic rings. The molecule has 5 heteroatoms. The van der Waals surface area contributed by atoms with Crippen molar-refractivity contribution in [2.45, 2.75) is 23.9 Å². The van der Waals surface area contributed by atoms with Crippen LogP contribution in [0.15, 0.2) is 39.0 Å². The van der Waals surface area contributed by atoms with Crippen molar-refractivity contribution < 1.29 is 0 Å². The number of hydrogen-bond acceptors (Lipinski definition) is 3. The molecule has 1 aromatic carbocycles. The summed E-state index contributed by atoms with van der Waals surface area (Å²) in [6.07, 6.45) is 1.15. The Morgan fingerprint density at radius 2 is 2.26 bits per heavy atom. The standard InChI is InChI=1S/C14H13BrClNS2/c15-11-3-5-19-14(11)8-17-12-4-6-18-13-2-1-9(16)7-10(12)13/h1-3,5,7,12,17H,4,6,8H2. The van der Waals surface area contributed by atoms with E-state index in [2.05, 4.69) is 44.8 Å². The lowest BCUT2D eigenvalue weighted by molar-refractivity contribution is 0.512. The van der Waals surface area contributed by atoms with Gasteiger partial charge in [-0.1, -0.05) is 11.6 Å². The quantitative estimate of drug-likeness (QED) is 0.762. The molecule has 1 aliphatic heterocycles. The highest BCUT2D eigenvalue weighted by Crippen LogP contribution is 2.38. The van der Waals surface area contributed by atoms with Crippen LogP contribution in [0.5, 0.6) is 0 Å². The molecule has 0 fully saturated rings. The lowest BCUT2D eigenvalue weighted by Crippen LogP contribution is -2.24. The first-order valence-corrected chi connectivity index (χ1v) is 9.15. The third-order valence-corrected chi connectivity index (χ3v) is 6.50. The van der Waals surface area contributed by atoms with E-state index >= 15 is 0 Å². The van der Waals surface area contributed by atoms with Gasteiger partial charge in [0, 0.05) is 31.9 Å².